The van der Waals surface area contributed by atoms with Crippen LogP contribution < -0.4 is 10.6 Å². The van der Waals surface area contributed by atoms with Crippen LogP contribution in [0.15, 0.2) is 24.4 Å². The van der Waals surface area contributed by atoms with Crippen molar-refractivity contribution in [2.75, 3.05) is 13.1 Å². The van der Waals surface area contributed by atoms with E-state index in [0.717, 1.165) is 25.8 Å². The monoisotopic (exact) mass is 321 g/mol. The molecule has 1 atom stereocenters. The third kappa shape index (κ3) is 3.62. The maximum atomic E-state index is 12.1. The summed E-state index contributed by atoms with van der Waals surface area (Å²) in [4.78, 5) is 15.4. The molecule has 1 fully saturated rings. The molecular formula is C17H24ClN3O. The van der Waals surface area contributed by atoms with Crippen molar-refractivity contribution in [3.63, 3.8) is 0 Å². The van der Waals surface area contributed by atoms with Gasteiger partial charge in [-0.2, -0.15) is 0 Å². The van der Waals surface area contributed by atoms with Crippen molar-refractivity contribution in [1.82, 2.24) is 15.6 Å². The lowest BCUT2D eigenvalue weighted by molar-refractivity contribution is -0.123. The van der Waals surface area contributed by atoms with Gasteiger partial charge in [-0.15, -0.1) is 12.4 Å². The first-order valence-corrected chi connectivity index (χ1v) is 7.82. The van der Waals surface area contributed by atoms with Gasteiger partial charge in [0.1, 0.15) is 0 Å². The number of halogens is 1. The number of carbonyl (C=O) groups is 1. The highest BCUT2D eigenvalue weighted by atomic mass is 35.5. The molecule has 0 bridgehead atoms. The highest BCUT2D eigenvalue weighted by Crippen LogP contribution is 2.22. The second-order valence-electron chi connectivity index (χ2n) is 5.85. The molecule has 0 aliphatic carbocycles. The Morgan fingerprint density at radius 1 is 1.36 bits per heavy atom. The minimum atomic E-state index is 0. The highest BCUT2D eigenvalue weighted by molar-refractivity contribution is 5.86. The predicted octanol–water partition coefficient (Wildman–Crippen LogP) is 2.70. The standard InChI is InChI=1S/C17H23N3O.ClH/c1-12-5-4-7-14-16(12)13(11-20-14)8-10-19-17(21)15-6-2-3-9-18-15;/h4-5,7,11,15,18,20H,2-3,6,8-10H2,1H3,(H,19,21);1H. The lowest BCUT2D eigenvalue weighted by Crippen LogP contribution is -2.47. The van der Waals surface area contributed by atoms with Gasteiger partial charge in [-0.1, -0.05) is 18.6 Å². The summed E-state index contributed by atoms with van der Waals surface area (Å²) in [5.41, 5.74) is 3.73. The molecule has 1 aliphatic heterocycles. The van der Waals surface area contributed by atoms with Crippen molar-refractivity contribution in [3.05, 3.63) is 35.5 Å². The molecule has 1 amide bonds. The van der Waals surface area contributed by atoms with Gasteiger partial charge in [0, 0.05) is 23.6 Å². The van der Waals surface area contributed by atoms with E-state index in [4.69, 9.17) is 0 Å². The Hall–Kier alpha value is -1.52. The lowest BCUT2D eigenvalue weighted by Gasteiger charge is -2.22. The minimum absolute atomic E-state index is 0. The van der Waals surface area contributed by atoms with Gasteiger partial charge in [-0.05, 0) is 49.9 Å². The van der Waals surface area contributed by atoms with Crippen LogP contribution in [0.5, 0.6) is 0 Å². The van der Waals surface area contributed by atoms with E-state index < -0.39 is 0 Å². The molecule has 0 radical (unpaired) electrons. The maximum Gasteiger partial charge on any atom is 0.237 e. The number of amides is 1. The Balaban J connectivity index is 0.00000176. The number of benzene rings is 1. The van der Waals surface area contributed by atoms with Gasteiger partial charge in [0.25, 0.3) is 0 Å². The molecule has 1 unspecified atom stereocenters. The SMILES string of the molecule is Cc1cccc2[nH]cc(CCNC(=O)C3CCCCN3)c12.Cl. The van der Waals surface area contributed by atoms with Crippen LogP contribution in [0.4, 0.5) is 0 Å². The van der Waals surface area contributed by atoms with Crippen LogP contribution in [0.1, 0.15) is 30.4 Å². The number of H-pyrrole nitrogens is 1. The van der Waals surface area contributed by atoms with E-state index in [0.29, 0.717) is 6.54 Å². The van der Waals surface area contributed by atoms with Gasteiger partial charge < -0.3 is 15.6 Å². The first kappa shape index (κ1) is 16.8. The normalized spacial score (nSPS) is 18.0. The fourth-order valence-corrected chi connectivity index (χ4v) is 3.17. The summed E-state index contributed by atoms with van der Waals surface area (Å²) < 4.78 is 0. The van der Waals surface area contributed by atoms with Crippen molar-refractivity contribution >= 4 is 29.2 Å². The molecule has 0 spiro atoms. The number of hydrogen-bond acceptors (Lipinski definition) is 2. The van der Waals surface area contributed by atoms with E-state index in [1.807, 2.05) is 0 Å². The molecule has 5 heteroatoms. The first-order valence-electron chi connectivity index (χ1n) is 7.82. The maximum absolute atomic E-state index is 12.1. The van der Waals surface area contributed by atoms with Crippen molar-refractivity contribution in [3.8, 4) is 0 Å². The summed E-state index contributed by atoms with van der Waals surface area (Å²) in [5.74, 6) is 0.145. The molecule has 120 valence electrons. The van der Waals surface area contributed by atoms with Gasteiger partial charge in [0.15, 0.2) is 0 Å². The average Bonchev–Trinajstić information content (AvgIpc) is 2.93. The number of aromatic amines is 1. The predicted molar refractivity (Wildman–Crippen MR) is 92.6 cm³/mol. The number of aromatic nitrogens is 1. The Labute approximate surface area is 137 Å². The van der Waals surface area contributed by atoms with Crippen LogP contribution in [0.2, 0.25) is 0 Å². The zero-order valence-electron chi connectivity index (χ0n) is 12.9. The molecular weight excluding hydrogens is 298 g/mol. The molecule has 2 heterocycles. The summed E-state index contributed by atoms with van der Waals surface area (Å²) in [5, 5.41) is 7.64. The fraction of sp³-hybridized carbons (Fsp3) is 0.471. The van der Waals surface area contributed by atoms with Crippen LogP contribution in [0, 0.1) is 6.92 Å². The number of carbonyl (C=O) groups excluding carboxylic acids is 1. The van der Waals surface area contributed by atoms with E-state index in [-0.39, 0.29) is 24.4 Å². The average molecular weight is 322 g/mol. The number of aryl methyl sites for hydroxylation is 1. The minimum Gasteiger partial charge on any atom is -0.361 e. The van der Waals surface area contributed by atoms with E-state index in [1.165, 1.54) is 28.5 Å². The van der Waals surface area contributed by atoms with Gasteiger partial charge in [-0.3, -0.25) is 4.79 Å². The molecule has 1 aromatic heterocycles. The number of piperidine rings is 1. The summed E-state index contributed by atoms with van der Waals surface area (Å²) in [6.07, 6.45) is 6.20. The molecule has 3 N–H and O–H groups in total. The molecule has 0 saturated carbocycles. The molecule has 3 rings (SSSR count). The number of nitrogens with one attached hydrogen (secondary N) is 3. The second kappa shape index (κ2) is 7.65. The summed E-state index contributed by atoms with van der Waals surface area (Å²) in [6.45, 7) is 3.78. The third-order valence-corrected chi connectivity index (χ3v) is 4.32. The van der Waals surface area contributed by atoms with Crippen LogP contribution in [0.25, 0.3) is 10.9 Å². The Kier molecular flexibility index (Phi) is 5.86. The van der Waals surface area contributed by atoms with Gasteiger partial charge in [-0.25, -0.2) is 0 Å². The van der Waals surface area contributed by atoms with Crippen LogP contribution in [-0.4, -0.2) is 30.0 Å². The van der Waals surface area contributed by atoms with Gasteiger partial charge in [0.05, 0.1) is 6.04 Å². The molecule has 2 aromatic rings. The van der Waals surface area contributed by atoms with Crippen molar-refractivity contribution in [2.45, 2.75) is 38.6 Å². The summed E-state index contributed by atoms with van der Waals surface area (Å²) >= 11 is 0. The van der Waals surface area contributed by atoms with Crippen molar-refractivity contribution in [1.29, 1.82) is 0 Å². The Bertz CT molecular complexity index is 632. The quantitative estimate of drug-likeness (QED) is 0.811. The third-order valence-electron chi connectivity index (χ3n) is 4.32. The van der Waals surface area contributed by atoms with E-state index in [2.05, 4.69) is 46.9 Å². The molecule has 1 aromatic carbocycles. The lowest BCUT2D eigenvalue weighted by atomic mass is 10.0. The van der Waals surface area contributed by atoms with E-state index in [1.54, 1.807) is 0 Å². The zero-order chi connectivity index (χ0) is 14.7. The van der Waals surface area contributed by atoms with Crippen LogP contribution >= 0.6 is 12.4 Å². The summed E-state index contributed by atoms with van der Waals surface area (Å²) in [6, 6.07) is 6.29. The summed E-state index contributed by atoms with van der Waals surface area (Å²) in [7, 11) is 0. The zero-order valence-corrected chi connectivity index (χ0v) is 13.8. The van der Waals surface area contributed by atoms with Crippen molar-refractivity contribution < 1.29 is 4.79 Å². The molecule has 4 nitrogen and oxygen atoms in total. The number of fused-ring (bicyclic) bond motifs is 1. The number of rotatable bonds is 4. The van der Waals surface area contributed by atoms with Gasteiger partial charge in [0.2, 0.25) is 5.91 Å². The molecule has 22 heavy (non-hydrogen) atoms. The van der Waals surface area contributed by atoms with Gasteiger partial charge >= 0.3 is 0 Å². The second-order valence-corrected chi connectivity index (χ2v) is 5.85. The number of hydrogen-bond donors (Lipinski definition) is 3. The van der Waals surface area contributed by atoms with Crippen LogP contribution in [0.3, 0.4) is 0 Å². The fourth-order valence-electron chi connectivity index (χ4n) is 3.17. The largest absolute Gasteiger partial charge is 0.361 e. The molecule has 1 saturated heterocycles. The Morgan fingerprint density at radius 2 is 2.23 bits per heavy atom. The smallest absolute Gasteiger partial charge is 0.237 e. The van der Waals surface area contributed by atoms with Crippen LogP contribution in [-0.2, 0) is 11.2 Å². The van der Waals surface area contributed by atoms with Crippen molar-refractivity contribution in [2.24, 2.45) is 0 Å². The molecule has 1 aliphatic rings. The topological polar surface area (TPSA) is 56.9 Å². The van der Waals surface area contributed by atoms with E-state index >= 15 is 0 Å². The highest BCUT2D eigenvalue weighted by Gasteiger charge is 2.19. The Morgan fingerprint density at radius 3 is 3.00 bits per heavy atom. The van der Waals surface area contributed by atoms with E-state index in [9.17, 15) is 4.79 Å². The first-order chi connectivity index (χ1) is 10.3.